The average molecular weight is 704 g/mol. The second kappa shape index (κ2) is 14.9. The zero-order valence-electron chi connectivity index (χ0n) is 28.3. The molecule has 3 N–H and O–H groups in total. The van der Waals surface area contributed by atoms with Gasteiger partial charge in [0.1, 0.15) is 12.1 Å². The number of amides is 3. The quantitative estimate of drug-likeness (QED) is 0.155. The number of benzene rings is 4. The van der Waals surface area contributed by atoms with Gasteiger partial charge in [-0.1, -0.05) is 83.0 Å². The first-order valence-corrected chi connectivity index (χ1v) is 17.8. The molecule has 4 aromatic carbocycles. The fraction of sp³-hybridized carbons (Fsp3) is 0.179. The first-order chi connectivity index (χ1) is 24.5. The van der Waals surface area contributed by atoms with E-state index in [9.17, 15) is 22.8 Å². The summed E-state index contributed by atoms with van der Waals surface area (Å²) in [6.45, 7) is 3.78. The smallest absolute Gasteiger partial charge is 0.264 e. The Morgan fingerprint density at radius 1 is 0.843 bits per heavy atom. The van der Waals surface area contributed by atoms with Crippen LogP contribution in [-0.4, -0.2) is 60.3 Å². The number of aryl methyl sites for hydroxylation is 2. The van der Waals surface area contributed by atoms with Crippen molar-refractivity contribution in [3.8, 4) is 11.3 Å². The second-order valence-electron chi connectivity index (χ2n) is 12.5. The van der Waals surface area contributed by atoms with Crippen LogP contribution in [-0.2, 0) is 32.5 Å². The van der Waals surface area contributed by atoms with Gasteiger partial charge in [-0.3, -0.25) is 14.4 Å². The molecule has 0 fully saturated rings. The highest BCUT2D eigenvalue weighted by Crippen LogP contribution is 2.23. The summed E-state index contributed by atoms with van der Waals surface area (Å²) in [5, 5.41) is 7.39. The Kier molecular flexibility index (Phi) is 10.1. The van der Waals surface area contributed by atoms with Crippen molar-refractivity contribution in [2.24, 2.45) is 0 Å². The van der Waals surface area contributed by atoms with E-state index in [1.807, 2.05) is 68.4 Å². The molecule has 12 heteroatoms. The number of aromatic nitrogens is 2. The summed E-state index contributed by atoms with van der Waals surface area (Å²) < 4.78 is 33.9. The molecular weight excluding hydrogens is 667 g/mol. The maximum atomic E-state index is 14.4. The maximum absolute atomic E-state index is 14.4. The van der Waals surface area contributed by atoms with Crippen LogP contribution in [0, 0.1) is 13.8 Å². The number of hydrogen-bond donors (Lipinski definition) is 3. The summed E-state index contributed by atoms with van der Waals surface area (Å²) >= 11 is 0. The number of carbonyl (C=O) groups is 3. The fourth-order valence-electron chi connectivity index (χ4n) is 6.10. The molecule has 0 radical (unpaired) electrons. The molecule has 6 rings (SSSR count). The van der Waals surface area contributed by atoms with Crippen LogP contribution in [0.2, 0.25) is 0 Å². The van der Waals surface area contributed by atoms with Gasteiger partial charge >= 0.3 is 0 Å². The normalized spacial score (nSPS) is 12.6. The van der Waals surface area contributed by atoms with Gasteiger partial charge in [-0.05, 0) is 55.3 Å². The van der Waals surface area contributed by atoms with Crippen LogP contribution in [0.4, 0.5) is 0 Å². The van der Waals surface area contributed by atoms with Crippen molar-refractivity contribution in [3.05, 3.63) is 143 Å². The molecule has 260 valence electrons. The van der Waals surface area contributed by atoms with Gasteiger partial charge in [0.25, 0.3) is 21.8 Å². The van der Waals surface area contributed by atoms with Crippen molar-refractivity contribution in [1.29, 1.82) is 0 Å². The fourth-order valence-corrected chi connectivity index (χ4v) is 7.14. The zero-order valence-corrected chi connectivity index (χ0v) is 29.1. The SMILES string of the molecule is Cc1cc(C)cc(C(=O)N(C)[C@H](Cc2ccc(-c3ccno3)cc2)C(=O)N[C@@H](Cc2c[nH]c3ccccc23)C(=O)NS(=O)(=O)c2ccccc2)c1. The summed E-state index contributed by atoms with van der Waals surface area (Å²) in [5.41, 5.74) is 5.24. The van der Waals surface area contributed by atoms with Crippen molar-refractivity contribution >= 4 is 38.6 Å². The molecule has 51 heavy (non-hydrogen) atoms. The van der Waals surface area contributed by atoms with Crippen LogP contribution in [0.3, 0.4) is 0 Å². The van der Waals surface area contributed by atoms with Crippen LogP contribution in [0.5, 0.6) is 0 Å². The predicted octanol–water partition coefficient (Wildman–Crippen LogP) is 5.36. The number of H-pyrrole nitrogens is 1. The molecule has 3 amide bonds. The van der Waals surface area contributed by atoms with E-state index < -0.39 is 33.9 Å². The lowest BCUT2D eigenvalue weighted by Crippen LogP contribution is -2.56. The first-order valence-electron chi connectivity index (χ1n) is 16.3. The van der Waals surface area contributed by atoms with Crippen molar-refractivity contribution in [2.75, 3.05) is 7.05 Å². The molecule has 0 aliphatic carbocycles. The van der Waals surface area contributed by atoms with Gasteiger partial charge in [-0.2, -0.15) is 0 Å². The number of para-hydroxylation sites is 1. The van der Waals surface area contributed by atoms with Gasteiger partial charge in [0.15, 0.2) is 5.76 Å². The molecule has 0 spiro atoms. The van der Waals surface area contributed by atoms with Gasteiger partial charge in [0, 0.05) is 54.2 Å². The van der Waals surface area contributed by atoms with Crippen LogP contribution in [0.25, 0.3) is 22.2 Å². The molecule has 0 bridgehead atoms. The molecule has 0 unspecified atom stereocenters. The van der Waals surface area contributed by atoms with Crippen molar-refractivity contribution in [1.82, 2.24) is 25.1 Å². The Balaban J connectivity index is 1.33. The Labute approximate surface area is 295 Å². The molecule has 2 aromatic heterocycles. The van der Waals surface area contributed by atoms with E-state index in [1.54, 1.807) is 55.8 Å². The molecule has 11 nitrogen and oxygen atoms in total. The predicted molar refractivity (Wildman–Crippen MR) is 193 cm³/mol. The number of sulfonamides is 1. The van der Waals surface area contributed by atoms with E-state index in [-0.39, 0.29) is 23.6 Å². The van der Waals surface area contributed by atoms with Gasteiger partial charge in [0.2, 0.25) is 5.91 Å². The van der Waals surface area contributed by atoms with Gasteiger partial charge in [-0.15, -0.1) is 0 Å². The first kappa shape index (κ1) is 34.8. The minimum atomic E-state index is -4.26. The van der Waals surface area contributed by atoms with E-state index in [4.69, 9.17) is 4.52 Å². The third-order valence-electron chi connectivity index (χ3n) is 8.68. The van der Waals surface area contributed by atoms with Crippen LogP contribution in [0.1, 0.15) is 32.6 Å². The monoisotopic (exact) mass is 703 g/mol. The van der Waals surface area contributed by atoms with Crippen LogP contribution >= 0.6 is 0 Å². The second-order valence-corrected chi connectivity index (χ2v) is 14.2. The third kappa shape index (κ3) is 8.08. The number of nitrogens with zero attached hydrogens (tertiary/aromatic N) is 2. The van der Waals surface area contributed by atoms with E-state index in [0.29, 0.717) is 16.9 Å². The van der Waals surface area contributed by atoms with E-state index in [1.165, 1.54) is 17.0 Å². The van der Waals surface area contributed by atoms with Crippen molar-refractivity contribution in [2.45, 2.75) is 43.7 Å². The molecule has 0 aliphatic heterocycles. The highest BCUT2D eigenvalue weighted by atomic mass is 32.2. The highest BCUT2D eigenvalue weighted by Gasteiger charge is 2.33. The maximum Gasteiger partial charge on any atom is 0.264 e. The molecule has 0 aliphatic rings. The number of carbonyl (C=O) groups excluding carboxylic acids is 3. The average Bonchev–Trinajstić information content (AvgIpc) is 3.81. The summed E-state index contributed by atoms with van der Waals surface area (Å²) in [6.07, 6.45) is 3.34. The Hall–Kier alpha value is -6.01. The van der Waals surface area contributed by atoms with E-state index in [0.717, 1.165) is 33.2 Å². The largest absolute Gasteiger partial charge is 0.361 e. The van der Waals surface area contributed by atoms with Crippen molar-refractivity contribution in [3.63, 3.8) is 0 Å². The van der Waals surface area contributed by atoms with Gasteiger partial charge in [-0.25, -0.2) is 13.1 Å². The lowest BCUT2D eigenvalue weighted by molar-refractivity contribution is -0.130. The number of likely N-dealkylation sites (N-methyl/N-ethyl adjacent to an activating group) is 1. The van der Waals surface area contributed by atoms with Gasteiger partial charge in [0.05, 0.1) is 11.1 Å². The minimum absolute atomic E-state index is 0.0285. The molecule has 0 saturated heterocycles. The number of rotatable bonds is 12. The molecular formula is C39H37N5O6S. The number of fused-ring (bicyclic) bond motifs is 1. The summed E-state index contributed by atoms with van der Waals surface area (Å²) in [4.78, 5) is 46.6. The van der Waals surface area contributed by atoms with Crippen LogP contribution < -0.4 is 10.0 Å². The summed E-state index contributed by atoms with van der Waals surface area (Å²) in [5.74, 6) is -1.36. The Bertz CT molecular complexity index is 2260. The molecule has 2 heterocycles. The van der Waals surface area contributed by atoms with E-state index >= 15 is 0 Å². The van der Waals surface area contributed by atoms with Crippen LogP contribution in [0.15, 0.2) is 125 Å². The Morgan fingerprint density at radius 2 is 1.53 bits per heavy atom. The molecule has 2 atom stereocenters. The molecule has 6 aromatic rings. The third-order valence-corrected chi connectivity index (χ3v) is 10.0. The Morgan fingerprint density at radius 3 is 2.22 bits per heavy atom. The number of hydrogen-bond acceptors (Lipinski definition) is 7. The van der Waals surface area contributed by atoms with Gasteiger partial charge < -0.3 is 19.7 Å². The lowest BCUT2D eigenvalue weighted by atomic mass is 9.99. The topological polar surface area (TPSA) is 154 Å². The lowest BCUT2D eigenvalue weighted by Gasteiger charge is -2.29. The number of aromatic amines is 1. The number of nitrogens with one attached hydrogen (secondary N) is 3. The summed E-state index contributed by atoms with van der Waals surface area (Å²) in [7, 11) is -2.72. The van der Waals surface area contributed by atoms with E-state index in [2.05, 4.69) is 20.2 Å². The van der Waals surface area contributed by atoms with Crippen molar-refractivity contribution < 1.29 is 27.3 Å². The highest BCUT2D eigenvalue weighted by molar-refractivity contribution is 7.90. The summed E-state index contributed by atoms with van der Waals surface area (Å²) in [6, 6.07) is 27.1. The minimum Gasteiger partial charge on any atom is -0.361 e. The molecule has 0 saturated carbocycles. The zero-order chi connectivity index (χ0) is 36.1. The standard InChI is InChI=1S/C39H37N5O6S/c1-25-19-26(2)21-29(20-25)39(47)44(3)35(22-27-13-15-28(16-14-27)36-17-18-41-50-36)38(46)42-34(23-30-24-40-33-12-8-7-11-32(30)33)37(45)43-51(48,49)31-9-5-4-6-10-31/h4-21,24,34-35,40H,22-23H2,1-3H3,(H,42,46)(H,43,45)/t34-,35+/m0/s1.